The maximum absolute atomic E-state index is 9.51. The van der Waals surface area contributed by atoms with Gasteiger partial charge in [0.15, 0.2) is 0 Å². The van der Waals surface area contributed by atoms with Crippen LogP contribution in [-0.4, -0.2) is 53.2 Å². The minimum atomic E-state index is -0.899. The SMILES string of the molecule is CC(C)(c1ccc(OC[C@@H](O)CO)cc1)c1ccc(OC[C@@H](O)CCl)c(Cl)c1. The van der Waals surface area contributed by atoms with Crippen molar-refractivity contribution in [2.75, 3.05) is 25.7 Å². The van der Waals surface area contributed by atoms with Crippen LogP contribution in [0.3, 0.4) is 0 Å². The van der Waals surface area contributed by atoms with E-state index < -0.39 is 12.2 Å². The van der Waals surface area contributed by atoms with Gasteiger partial charge in [0.1, 0.15) is 36.9 Å². The first-order valence-electron chi connectivity index (χ1n) is 8.97. The summed E-state index contributed by atoms with van der Waals surface area (Å²) in [5.41, 5.74) is 1.75. The molecule has 2 aromatic rings. The van der Waals surface area contributed by atoms with Gasteiger partial charge >= 0.3 is 0 Å². The Balaban J connectivity index is 2.11. The number of aliphatic hydroxyl groups excluding tert-OH is 3. The van der Waals surface area contributed by atoms with Gasteiger partial charge < -0.3 is 24.8 Å². The van der Waals surface area contributed by atoms with Crippen molar-refractivity contribution in [2.24, 2.45) is 0 Å². The number of ether oxygens (including phenoxy) is 2. The molecule has 0 aliphatic heterocycles. The molecule has 0 bridgehead atoms. The zero-order chi connectivity index (χ0) is 20.7. The van der Waals surface area contributed by atoms with Crippen LogP contribution in [0.5, 0.6) is 11.5 Å². The summed E-state index contributed by atoms with van der Waals surface area (Å²) in [7, 11) is 0. The van der Waals surface area contributed by atoms with Crippen molar-refractivity contribution in [3.63, 3.8) is 0 Å². The van der Waals surface area contributed by atoms with Gasteiger partial charge in [0, 0.05) is 5.41 Å². The van der Waals surface area contributed by atoms with Crippen molar-refractivity contribution in [3.05, 3.63) is 58.6 Å². The van der Waals surface area contributed by atoms with Crippen molar-refractivity contribution in [1.29, 1.82) is 0 Å². The van der Waals surface area contributed by atoms with Crippen molar-refractivity contribution in [3.8, 4) is 11.5 Å². The molecule has 2 aromatic carbocycles. The number of halogens is 2. The van der Waals surface area contributed by atoms with Gasteiger partial charge in [-0.05, 0) is 35.4 Å². The fourth-order valence-electron chi connectivity index (χ4n) is 2.62. The molecule has 0 amide bonds. The highest BCUT2D eigenvalue weighted by atomic mass is 35.5. The second-order valence-electron chi connectivity index (χ2n) is 7.06. The Hall–Kier alpha value is -1.50. The van der Waals surface area contributed by atoms with Crippen LogP contribution in [0, 0.1) is 0 Å². The third-order valence-electron chi connectivity index (χ3n) is 4.49. The van der Waals surface area contributed by atoms with Crippen LogP contribution in [-0.2, 0) is 5.41 Å². The summed E-state index contributed by atoms with van der Waals surface area (Å²) >= 11 is 11.9. The normalized spacial score (nSPS) is 13.8. The summed E-state index contributed by atoms with van der Waals surface area (Å²) in [6, 6.07) is 13.1. The van der Waals surface area contributed by atoms with Gasteiger partial charge in [0.05, 0.1) is 17.5 Å². The summed E-state index contributed by atoms with van der Waals surface area (Å²) in [5.74, 6) is 1.21. The lowest BCUT2D eigenvalue weighted by Crippen LogP contribution is -2.21. The van der Waals surface area contributed by atoms with E-state index in [1.165, 1.54) is 0 Å². The molecule has 5 nitrogen and oxygen atoms in total. The highest BCUT2D eigenvalue weighted by Gasteiger charge is 2.24. The standard InChI is InChI=1S/C21H26Cl2O5/c1-21(2,14-3-6-18(7-4-14)27-13-17(26)11-24)15-5-8-20(19(23)9-15)28-12-16(25)10-22/h3-9,16-17,24-26H,10-13H2,1-2H3/t16-,17-/m0/s1. The molecule has 3 N–H and O–H groups in total. The summed E-state index contributed by atoms with van der Waals surface area (Å²) in [4.78, 5) is 0. The van der Waals surface area contributed by atoms with Gasteiger partial charge in [-0.25, -0.2) is 0 Å². The molecule has 0 radical (unpaired) electrons. The molecule has 7 heteroatoms. The lowest BCUT2D eigenvalue weighted by atomic mass is 9.78. The second-order valence-corrected chi connectivity index (χ2v) is 7.78. The zero-order valence-electron chi connectivity index (χ0n) is 15.9. The smallest absolute Gasteiger partial charge is 0.138 e. The Morgan fingerprint density at radius 2 is 1.54 bits per heavy atom. The number of benzene rings is 2. The fourth-order valence-corrected chi connectivity index (χ4v) is 2.94. The molecule has 0 aromatic heterocycles. The van der Waals surface area contributed by atoms with E-state index in [1.807, 2.05) is 36.4 Å². The van der Waals surface area contributed by atoms with Gasteiger partial charge in [0.2, 0.25) is 0 Å². The van der Waals surface area contributed by atoms with Crippen molar-refractivity contribution < 1.29 is 24.8 Å². The lowest BCUT2D eigenvalue weighted by Gasteiger charge is -2.27. The molecular weight excluding hydrogens is 403 g/mol. The molecule has 0 heterocycles. The molecule has 0 aliphatic carbocycles. The Labute approximate surface area is 175 Å². The molecule has 2 atom stereocenters. The van der Waals surface area contributed by atoms with Crippen molar-refractivity contribution in [1.82, 2.24) is 0 Å². The first-order chi connectivity index (χ1) is 13.3. The van der Waals surface area contributed by atoms with E-state index in [4.69, 9.17) is 37.8 Å². The zero-order valence-corrected chi connectivity index (χ0v) is 17.5. The number of hydrogen-bond donors (Lipinski definition) is 3. The van der Waals surface area contributed by atoms with Gasteiger partial charge in [0.25, 0.3) is 0 Å². The van der Waals surface area contributed by atoms with E-state index in [-0.39, 0.29) is 31.1 Å². The molecule has 28 heavy (non-hydrogen) atoms. The Kier molecular flexibility index (Phi) is 8.40. The first-order valence-corrected chi connectivity index (χ1v) is 9.88. The molecule has 0 fully saturated rings. The van der Waals surface area contributed by atoms with E-state index in [9.17, 15) is 10.2 Å². The van der Waals surface area contributed by atoms with E-state index in [0.717, 1.165) is 11.1 Å². The molecule has 0 spiro atoms. The highest BCUT2D eigenvalue weighted by Crippen LogP contribution is 2.36. The summed E-state index contributed by atoms with van der Waals surface area (Å²) < 4.78 is 11.0. The largest absolute Gasteiger partial charge is 0.491 e. The summed E-state index contributed by atoms with van der Waals surface area (Å²) in [6.07, 6.45) is -1.64. The fraction of sp³-hybridized carbons (Fsp3) is 0.429. The molecule has 0 aliphatic rings. The molecule has 154 valence electrons. The Bertz CT molecular complexity index is 749. The molecular formula is C21H26Cl2O5. The van der Waals surface area contributed by atoms with E-state index in [0.29, 0.717) is 16.5 Å². The van der Waals surface area contributed by atoms with E-state index in [2.05, 4.69) is 13.8 Å². The van der Waals surface area contributed by atoms with Crippen LogP contribution in [0.15, 0.2) is 42.5 Å². The summed E-state index contributed by atoms with van der Waals surface area (Å²) in [5, 5.41) is 28.2. The molecule has 0 unspecified atom stereocenters. The number of alkyl halides is 1. The van der Waals surface area contributed by atoms with E-state index >= 15 is 0 Å². The molecule has 0 saturated heterocycles. The lowest BCUT2D eigenvalue weighted by molar-refractivity contribution is 0.0536. The van der Waals surface area contributed by atoms with Gasteiger partial charge in [-0.15, -0.1) is 11.6 Å². The van der Waals surface area contributed by atoms with Crippen LogP contribution in [0.25, 0.3) is 0 Å². The number of rotatable bonds is 10. The van der Waals surface area contributed by atoms with Gasteiger partial charge in [-0.2, -0.15) is 0 Å². The third-order valence-corrected chi connectivity index (χ3v) is 5.14. The minimum Gasteiger partial charge on any atom is -0.491 e. The number of hydrogen-bond acceptors (Lipinski definition) is 5. The maximum Gasteiger partial charge on any atom is 0.138 e. The van der Waals surface area contributed by atoms with Crippen LogP contribution < -0.4 is 9.47 Å². The topological polar surface area (TPSA) is 79.2 Å². The van der Waals surface area contributed by atoms with Crippen LogP contribution in [0.2, 0.25) is 5.02 Å². The monoisotopic (exact) mass is 428 g/mol. The van der Waals surface area contributed by atoms with E-state index in [1.54, 1.807) is 6.07 Å². The Morgan fingerprint density at radius 1 is 0.929 bits per heavy atom. The first kappa shape index (κ1) is 22.8. The van der Waals surface area contributed by atoms with Gasteiger partial charge in [-0.1, -0.05) is 43.6 Å². The average molecular weight is 429 g/mol. The van der Waals surface area contributed by atoms with Crippen molar-refractivity contribution >= 4 is 23.2 Å². The van der Waals surface area contributed by atoms with Crippen molar-refractivity contribution in [2.45, 2.75) is 31.5 Å². The maximum atomic E-state index is 9.51. The average Bonchev–Trinajstić information content (AvgIpc) is 2.70. The quantitative estimate of drug-likeness (QED) is 0.505. The third kappa shape index (κ3) is 6.00. The number of aliphatic hydroxyl groups is 3. The summed E-state index contributed by atoms with van der Waals surface area (Å²) in [6.45, 7) is 3.95. The van der Waals surface area contributed by atoms with Crippen LogP contribution in [0.4, 0.5) is 0 Å². The van der Waals surface area contributed by atoms with Crippen LogP contribution in [0.1, 0.15) is 25.0 Å². The highest BCUT2D eigenvalue weighted by molar-refractivity contribution is 6.32. The predicted octanol–water partition coefficient (Wildman–Crippen LogP) is 3.38. The minimum absolute atomic E-state index is 0.0364. The molecule has 2 rings (SSSR count). The van der Waals surface area contributed by atoms with Crippen LogP contribution >= 0.6 is 23.2 Å². The van der Waals surface area contributed by atoms with Gasteiger partial charge in [-0.3, -0.25) is 0 Å². The predicted molar refractivity (Wildman–Crippen MR) is 111 cm³/mol. The molecule has 0 saturated carbocycles. The Morgan fingerprint density at radius 3 is 2.11 bits per heavy atom. The second kappa shape index (κ2) is 10.3.